The Morgan fingerprint density at radius 1 is 1.31 bits per heavy atom. The minimum atomic E-state index is -4.59. The van der Waals surface area contributed by atoms with E-state index in [1.54, 1.807) is 4.90 Å². The van der Waals surface area contributed by atoms with E-state index in [2.05, 4.69) is 25.3 Å². The van der Waals surface area contributed by atoms with Crippen molar-refractivity contribution in [3.63, 3.8) is 0 Å². The maximum absolute atomic E-state index is 12.9. The Morgan fingerprint density at radius 2 is 2.06 bits per heavy atom. The number of primary sulfonamides is 1. The molecule has 16 heteroatoms. The molecular weight excluding hydrogens is 464 g/mol. The van der Waals surface area contributed by atoms with E-state index in [1.807, 2.05) is 0 Å². The first-order valence-electron chi connectivity index (χ1n) is 9.67. The van der Waals surface area contributed by atoms with Crippen LogP contribution in [0.15, 0.2) is 37.1 Å². The molecule has 3 rings (SSSR count). The molecule has 0 saturated carbocycles. The monoisotopic (exact) mass is 490 g/mol. The van der Waals surface area contributed by atoms with Crippen LogP contribution in [0.25, 0.3) is 0 Å². The fourth-order valence-electron chi connectivity index (χ4n) is 3.42. The van der Waals surface area contributed by atoms with Crippen LogP contribution in [0.2, 0.25) is 0 Å². The number of nitrogens with one attached hydrogen (secondary N) is 2. The smallest absolute Gasteiger partial charge is 0.242 e. The lowest BCUT2D eigenvalue weighted by Gasteiger charge is -2.36. The summed E-state index contributed by atoms with van der Waals surface area (Å²) in [5.74, 6) is -0.0675. The van der Waals surface area contributed by atoms with Crippen molar-refractivity contribution >= 4 is 31.6 Å². The maximum Gasteiger partial charge on any atom is 0.242 e. The van der Waals surface area contributed by atoms with Crippen molar-refractivity contribution in [3.8, 4) is 0 Å². The summed E-state index contributed by atoms with van der Waals surface area (Å²) in [6.07, 6.45) is -1.16. The molecule has 32 heavy (non-hydrogen) atoms. The number of aliphatic imine (C=N–C) groups is 1. The van der Waals surface area contributed by atoms with Crippen LogP contribution in [-0.4, -0.2) is 91.0 Å². The number of hydrogen-bond acceptors (Lipinski definition) is 12. The van der Waals surface area contributed by atoms with Crippen molar-refractivity contribution < 1.29 is 27.0 Å². The molecule has 1 fully saturated rings. The lowest BCUT2D eigenvalue weighted by atomic mass is 10.1. The van der Waals surface area contributed by atoms with E-state index in [-0.39, 0.29) is 37.3 Å². The second kappa shape index (κ2) is 9.84. The molecular formula is C16H26N8O6S2. The first-order chi connectivity index (χ1) is 15.1. The van der Waals surface area contributed by atoms with Gasteiger partial charge in [0, 0.05) is 44.5 Å². The Labute approximate surface area is 185 Å². The van der Waals surface area contributed by atoms with Gasteiger partial charge in [0.05, 0.1) is 18.3 Å². The quantitative estimate of drug-likeness (QED) is 0.205. The van der Waals surface area contributed by atoms with Gasteiger partial charge in [-0.1, -0.05) is 0 Å². The summed E-state index contributed by atoms with van der Waals surface area (Å²) in [6.45, 7) is 0.474. The van der Waals surface area contributed by atoms with Crippen molar-refractivity contribution in [2.24, 2.45) is 26.1 Å². The SMILES string of the molecule is NC[C@@H](O)CNS(=O)(=O)c1ccc(N2CCNC(CO)C2)c(C2=NCN=N2)c1S(N)(=O)=O. The van der Waals surface area contributed by atoms with Gasteiger partial charge in [0.15, 0.2) is 12.5 Å². The van der Waals surface area contributed by atoms with E-state index >= 15 is 0 Å². The molecule has 0 radical (unpaired) electrons. The van der Waals surface area contributed by atoms with E-state index in [0.29, 0.717) is 25.3 Å². The minimum Gasteiger partial charge on any atom is -0.395 e. The largest absolute Gasteiger partial charge is 0.395 e. The van der Waals surface area contributed by atoms with Gasteiger partial charge in [-0.25, -0.2) is 31.7 Å². The lowest BCUT2D eigenvalue weighted by Crippen LogP contribution is -2.52. The van der Waals surface area contributed by atoms with Crippen LogP contribution in [0, 0.1) is 0 Å². The van der Waals surface area contributed by atoms with Gasteiger partial charge in [0.1, 0.15) is 9.79 Å². The summed E-state index contributed by atoms with van der Waals surface area (Å²) in [5.41, 5.74) is 5.56. The average Bonchev–Trinajstić information content (AvgIpc) is 3.30. The van der Waals surface area contributed by atoms with Crippen LogP contribution in [0.3, 0.4) is 0 Å². The number of rotatable bonds is 9. The number of nitrogens with two attached hydrogens (primary N) is 2. The van der Waals surface area contributed by atoms with Crippen molar-refractivity contribution in [2.45, 2.75) is 21.9 Å². The third kappa shape index (κ3) is 5.29. The van der Waals surface area contributed by atoms with Gasteiger partial charge in [-0.3, -0.25) is 0 Å². The molecule has 2 atom stereocenters. The number of aliphatic hydroxyl groups is 2. The molecule has 1 saturated heterocycles. The Morgan fingerprint density at radius 3 is 2.66 bits per heavy atom. The van der Waals surface area contributed by atoms with Gasteiger partial charge in [-0.15, -0.1) is 5.11 Å². The van der Waals surface area contributed by atoms with E-state index in [1.165, 1.54) is 6.07 Å². The molecule has 0 aromatic heterocycles. The lowest BCUT2D eigenvalue weighted by molar-refractivity contribution is 0.186. The highest BCUT2D eigenvalue weighted by molar-refractivity contribution is 7.92. The molecule has 2 aliphatic heterocycles. The molecule has 2 aliphatic rings. The van der Waals surface area contributed by atoms with Gasteiger partial charge in [-0.05, 0) is 12.1 Å². The first-order valence-corrected chi connectivity index (χ1v) is 12.7. The van der Waals surface area contributed by atoms with Gasteiger partial charge in [0.25, 0.3) is 0 Å². The number of amidine groups is 1. The first kappa shape index (κ1) is 24.6. The van der Waals surface area contributed by atoms with E-state index in [4.69, 9.17) is 10.9 Å². The van der Waals surface area contributed by atoms with Crippen LogP contribution < -0.4 is 25.8 Å². The summed E-state index contributed by atoms with van der Waals surface area (Å²) >= 11 is 0. The predicted molar refractivity (Wildman–Crippen MR) is 115 cm³/mol. The summed E-state index contributed by atoms with van der Waals surface area (Å²) < 4.78 is 53.3. The topological polar surface area (TPSA) is 225 Å². The third-order valence-corrected chi connectivity index (χ3v) is 7.53. The standard InChI is InChI=1S/C16H26N8O6S2/c17-5-11(26)6-22-32(29,30)13-2-1-12(24-4-3-19-10(7-24)8-25)14(15(13)31(18,27)28)16-20-9-21-23-16/h1-2,10-11,19,22,25-26H,3-9,17H2,(H2,18,27,28)/t10?,11-/m1/s1. The number of benzene rings is 1. The van der Waals surface area contributed by atoms with E-state index in [9.17, 15) is 27.0 Å². The van der Waals surface area contributed by atoms with Crippen LogP contribution in [-0.2, 0) is 20.0 Å². The Hall–Kier alpha value is -2.05. The van der Waals surface area contributed by atoms with Crippen LogP contribution in [0.5, 0.6) is 0 Å². The molecule has 0 spiro atoms. The number of anilines is 1. The van der Waals surface area contributed by atoms with Crippen molar-refractivity contribution in [1.82, 2.24) is 10.0 Å². The van der Waals surface area contributed by atoms with E-state index < -0.39 is 42.5 Å². The molecule has 0 amide bonds. The molecule has 14 nitrogen and oxygen atoms in total. The highest BCUT2D eigenvalue weighted by Gasteiger charge is 2.34. The Balaban J connectivity index is 2.21. The third-order valence-electron chi connectivity index (χ3n) is 4.94. The summed E-state index contributed by atoms with van der Waals surface area (Å²) in [7, 11) is -9.01. The Kier molecular flexibility index (Phi) is 7.56. The molecule has 2 heterocycles. The molecule has 1 unspecified atom stereocenters. The molecule has 0 bridgehead atoms. The molecule has 1 aromatic carbocycles. The fourth-order valence-corrected chi connectivity index (χ4v) is 6.09. The predicted octanol–water partition coefficient (Wildman–Crippen LogP) is -3.13. The highest BCUT2D eigenvalue weighted by atomic mass is 32.2. The minimum absolute atomic E-state index is 0.0441. The van der Waals surface area contributed by atoms with Crippen LogP contribution in [0.1, 0.15) is 5.56 Å². The maximum atomic E-state index is 12.9. The van der Waals surface area contributed by atoms with Crippen molar-refractivity contribution in [3.05, 3.63) is 17.7 Å². The van der Waals surface area contributed by atoms with Crippen LogP contribution in [0.4, 0.5) is 5.69 Å². The molecule has 0 aliphatic carbocycles. The van der Waals surface area contributed by atoms with Gasteiger partial charge >= 0.3 is 0 Å². The second-order valence-electron chi connectivity index (χ2n) is 7.22. The van der Waals surface area contributed by atoms with Gasteiger partial charge in [0.2, 0.25) is 20.0 Å². The van der Waals surface area contributed by atoms with Crippen molar-refractivity contribution in [1.29, 1.82) is 0 Å². The number of azo groups is 1. The van der Waals surface area contributed by atoms with Crippen LogP contribution >= 0.6 is 0 Å². The molecule has 1 aromatic rings. The number of aliphatic hydroxyl groups excluding tert-OH is 2. The number of piperazine rings is 1. The van der Waals surface area contributed by atoms with Crippen molar-refractivity contribution in [2.75, 3.05) is 50.9 Å². The summed E-state index contributed by atoms with van der Waals surface area (Å²) in [6, 6.07) is 2.29. The van der Waals surface area contributed by atoms with Gasteiger partial charge in [-0.2, -0.15) is 5.11 Å². The number of hydrogen-bond donors (Lipinski definition) is 6. The number of nitrogens with zero attached hydrogens (tertiary/aromatic N) is 4. The molecule has 178 valence electrons. The van der Waals surface area contributed by atoms with E-state index in [0.717, 1.165) is 6.07 Å². The zero-order valence-corrected chi connectivity index (χ0v) is 18.7. The molecule has 8 N–H and O–H groups in total. The normalized spacial score (nSPS) is 20.4. The average molecular weight is 491 g/mol. The zero-order valence-electron chi connectivity index (χ0n) is 17.0. The highest BCUT2D eigenvalue weighted by Crippen LogP contribution is 2.34. The summed E-state index contributed by atoms with van der Waals surface area (Å²) in [5, 5.41) is 35.3. The second-order valence-corrected chi connectivity index (χ2v) is 10.5. The zero-order chi connectivity index (χ0) is 23.5. The Bertz CT molecular complexity index is 1120. The summed E-state index contributed by atoms with van der Waals surface area (Å²) in [4.78, 5) is 4.59. The van der Waals surface area contributed by atoms with Gasteiger partial charge < -0.3 is 26.2 Å². The number of sulfonamides is 2. The fraction of sp³-hybridized carbons (Fsp3) is 0.562.